The number of aromatic nitrogens is 2. The molecule has 1 aromatic carbocycles. The van der Waals surface area contributed by atoms with E-state index in [1.165, 1.54) is 0 Å². The lowest BCUT2D eigenvalue weighted by atomic mass is 10.1. The van der Waals surface area contributed by atoms with E-state index in [2.05, 4.69) is 16.5 Å². The van der Waals surface area contributed by atoms with E-state index in [1.807, 2.05) is 31.3 Å². The minimum atomic E-state index is -0.975. The van der Waals surface area contributed by atoms with Gasteiger partial charge in [0.1, 0.15) is 5.69 Å². The zero-order chi connectivity index (χ0) is 14.3. The minimum absolute atomic E-state index is 0.123. The molecule has 0 radical (unpaired) electrons. The number of aryl methyl sites for hydroxylation is 2. The molecule has 0 fully saturated rings. The molecule has 4 heteroatoms. The lowest BCUT2D eigenvalue weighted by molar-refractivity contribution is 0.0690. The zero-order valence-electron chi connectivity index (χ0n) is 11.6. The van der Waals surface area contributed by atoms with Gasteiger partial charge in [-0.2, -0.15) is 0 Å². The van der Waals surface area contributed by atoms with Gasteiger partial charge in [0.2, 0.25) is 0 Å². The normalized spacial score (nSPS) is 11.3. The van der Waals surface area contributed by atoms with Gasteiger partial charge in [-0.05, 0) is 18.6 Å². The Labute approximate surface area is 116 Å². The third-order valence-electron chi connectivity index (χ3n) is 3.66. The highest BCUT2D eigenvalue weighted by atomic mass is 16.4. The SMILES string of the molecule is CCCc1nc(C(=O)O)cc2c3ccccc3n(C)c12. The summed E-state index contributed by atoms with van der Waals surface area (Å²) in [4.78, 5) is 15.6. The Balaban J connectivity index is 2.48. The van der Waals surface area contributed by atoms with Crippen molar-refractivity contribution in [2.45, 2.75) is 19.8 Å². The molecule has 0 aliphatic rings. The number of carboxylic acid groups (broad SMARTS) is 1. The quantitative estimate of drug-likeness (QED) is 0.792. The van der Waals surface area contributed by atoms with E-state index in [-0.39, 0.29) is 5.69 Å². The Morgan fingerprint density at radius 2 is 2.05 bits per heavy atom. The van der Waals surface area contributed by atoms with Crippen LogP contribution in [-0.4, -0.2) is 20.6 Å². The van der Waals surface area contributed by atoms with Gasteiger partial charge >= 0.3 is 5.97 Å². The maximum Gasteiger partial charge on any atom is 0.354 e. The number of aromatic carboxylic acids is 1. The largest absolute Gasteiger partial charge is 0.477 e. The van der Waals surface area contributed by atoms with Crippen LogP contribution in [0.25, 0.3) is 21.8 Å². The molecule has 0 atom stereocenters. The van der Waals surface area contributed by atoms with Crippen molar-refractivity contribution in [1.82, 2.24) is 9.55 Å². The van der Waals surface area contributed by atoms with Crippen LogP contribution in [0.15, 0.2) is 30.3 Å². The monoisotopic (exact) mass is 268 g/mol. The van der Waals surface area contributed by atoms with Gasteiger partial charge in [-0.25, -0.2) is 9.78 Å². The number of fused-ring (bicyclic) bond motifs is 3. The van der Waals surface area contributed by atoms with E-state index in [0.29, 0.717) is 0 Å². The number of hydrogen-bond acceptors (Lipinski definition) is 2. The summed E-state index contributed by atoms with van der Waals surface area (Å²) in [6.07, 6.45) is 1.72. The summed E-state index contributed by atoms with van der Waals surface area (Å²) in [5.74, 6) is -0.975. The number of benzene rings is 1. The highest BCUT2D eigenvalue weighted by Gasteiger charge is 2.16. The van der Waals surface area contributed by atoms with Crippen molar-refractivity contribution in [1.29, 1.82) is 0 Å². The first-order valence-corrected chi connectivity index (χ1v) is 6.73. The van der Waals surface area contributed by atoms with Gasteiger partial charge in [0.25, 0.3) is 0 Å². The molecule has 0 aliphatic carbocycles. The average molecular weight is 268 g/mol. The summed E-state index contributed by atoms with van der Waals surface area (Å²) < 4.78 is 2.11. The second kappa shape index (κ2) is 4.63. The predicted molar refractivity (Wildman–Crippen MR) is 79.2 cm³/mol. The molecule has 102 valence electrons. The molecular weight excluding hydrogens is 252 g/mol. The van der Waals surface area contributed by atoms with E-state index in [0.717, 1.165) is 40.3 Å². The summed E-state index contributed by atoms with van der Waals surface area (Å²) in [6.45, 7) is 2.07. The van der Waals surface area contributed by atoms with Gasteiger partial charge in [-0.15, -0.1) is 0 Å². The smallest absolute Gasteiger partial charge is 0.354 e. The van der Waals surface area contributed by atoms with Crippen molar-refractivity contribution in [2.75, 3.05) is 0 Å². The minimum Gasteiger partial charge on any atom is -0.477 e. The Morgan fingerprint density at radius 3 is 2.75 bits per heavy atom. The molecule has 4 nitrogen and oxygen atoms in total. The van der Waals surface area contributed by atoms with Crippen LogP contribution >= 0.6 is 0 Å². The molecular formula is C16H16N2O2. The molecule has 0 saturated carbocycles. The van der Waals surface area contributed by atoms with E-state index in [4.69, 9.17) is 0 Å². The number of carboxylic acids is 1. The van der Waals surface area contributed by atoms with Gasteiger partial charge in [-0.1, -0.05) is 31.5 Å². The van der Waals surface area contributed by atoms with Crippen LogP contribution in [-0.2, 0) is 13.5 Å². The molecule has 0 bridgehead atoms. The summed E-state index contributed by atoms with van der Waals surface area (Å²) in [5.41, 5.74) is 3.13. The molecule has 0 aliphatic heterocycles. The summed E-state index contributed by atoms with van der Waals surface area (Å²) in [7, 11) is 2.01. The van der Waals surface area contributed by atoms with Crippen LogP contribution in [0.5, 0.6) is 0 Å². The van der Waals surface area contributed by atoms with Gasteiger partial charge in [-0.3, -0.25) is 0 Å². The predicted octanol–water partition coefficient (Wildman–Crippen LogP) is 3.38. The second-order valence-electron chi connectivity index (χ2n) is 4.98. The van der Waals surface area contributed by atoms with Crippen LogP contribution in [0, 0.1) is 0 Å². The fraction of sp³-hybridized carbons (Fsp3) is 0.250. The molecule has 20 heavy (non-hydrogen) atoms. The van der Waals surface area contributed by atoms with Gasteiger partial charge in [0.05, 0.1) is 11.2 Å². The number of nitrogens with zero attached hydrogens (tertiary/aromatic N) is 2. The summed E-state index contributed by atoms with van der Waals surface area (Å²) >= 11 is 0. The lowest BCUT2D eigenvalue weighted by Crippen LogP contribution is -2.05. The van der Waals surface area contributed by atoms with Crippen molar-refractivity contribution in [3.05, 3.63) is 41.7 Å². The summed E-state index contributed by atoms with van der Waals surface area (Å²) in [5, 5.41) is 11.3. The van der Waals surface area contributed by atoms with Gasteiger partial charge in [0.15, 0.2) is 0 Å². The highest BCUT2D eigenvalue weighted by molar-refractivity contribution is 6.10. The standard InChI is InChI=1S/C16H16N2O2/c1-3-6-12-15-11(9-13(17-12)16(19)20)10-7-4-5-8-14(10)18(15)2/h4-5,7-9H,3,6H2,1-2H3,(H,19,20). The number of hydrogen-bond donors (Lipinski definition) is 1. The fourth-order valence-corrected chi connectivity index (χ4v) is 2.81. The molecule has 1 N–H and O–H groups in total. The third-order valence-corrected chi connectivity index (χ3v) is 3.66. The average Bonchev–Trinajstić information content (AvgIpc) is 2.73. The zero-order valence-corrected chi connectivity index (χ0v) is 11.6. The van der Waals surface area contributed by atoms with Crippen LogP contribution in [0.1, 0.15) is 29.5 Å². The maximum atomic E-state index is 11.3. The molecule has 3 aromatic rings. The van der Waals surface area contributed by atoms with Crippen molar-refractivity contribution in [3.63, 3.8) is 0 Å². The van der Waals surface area contributed by atoms with Crippen LogP contribution in [0.4, 0.5) is 0 Å². The molecule has 0 unspecified atom stereocenters. The Morgan fingerprint density at radius 1 is 1.30 bits per heavy atom. The fourth-order valence-electron chi connectivity index (χ4n) is 2.81. The first-order chi connectivity index (χ1) is 9.63. The lowest BCUT2D eigenvalue weighted by Gasteiger charge is -2.06. The molecule has 2 heterocycles. The highest BCUT2D eigenvalue weighted by Crippen LogP contribution is 2.30. The van der Waals surface area contributed by atoms with E-state index in [1.54, 1.807) is 6.07 Å². The number of pyridine rings is 1. The van der Waals surface area contributed by atoms with Crippen LogP contribution < -0.4 is 0 Å². The molecule has 0 saturated heterocycles. The maximum absolute atomic E-state index is 11.3. The van der Waals surface area contributed by atoms with Crippen molar-refractivity contribution >= 4 is 27.8 Å². The Hall–Kier alpha value is -2.36. The Bertz CT molecular complexity index is 818. The molecule has 2 aromatic heterocycles. The number of para-hydroxylation sites is 1. The third kappa shape index (κ3) is 1.76. The molecule has 0 spiro atoms. The Kier molecular flexibility index (Phi) is 2.93. The summed E-state index contributed by atoms with van der Waals surface area (Å²) in [6, 6.07) is 9.72. The van der Waals surface area contributed by atoms with E-state index < -0.39 is 5.97 Å². The first-order valence-electron chi connectivity index (χ1n) is 6.73. The number of rotatable bonds is 3. The van der Waals surface area contributed by atoms with E-state index >= 15 is 0 Å². The first kappa shape index (κ1) is 12.7. The van der Waals surface area contributed by atoms with Crippen LogP contribution in [0.3, 0.4) is 0 Å². The van der Waals surface area contributed by atoms with Crippen molar-refractivity contribution in [2.24, 2.45) is 7.05 Å². The topological polar surface area (TPSA) is 55.1 Å². The van der Waals surface area contributed by atoms with Gasteiger partial charge < -0.3 is 9.67 Å². The number of carbonyl (C=O) groups is 1. The second-order valence-corrected chi connectivity index (χ2v) is 4.98. The molecule has 0 amide bonds. The van der Waals surface area contributed by atoms with Gasteiger partial charge in [0, 0.05) is 23.3 Å². The van der Waals surface area contributed by atoms with Crippen molar-refractivity contribution < 1.29 is 9.90 Å². The van der Waals surface area contributed by atoms with Crippen molar-refractivity contribution in [3.8, 4) is 0 Å². The van der Waals surface area contributed by atoms with E-state index in [9.17, 15) is 9.90 Å². The van der Waals surface area contributed by atoms with Crippen LogP contribution in [0.2, 0.25) is 0 Å². The molecule has 3 rings (SSSR count).